The number of anilines is 1. The van der Waals surface area contributed by atoms with E-state index >= 15 is 0 Å². The molecule has 6 heteroatoms. The minimum absolute atomic E-state index is 0.107. The molecule has 0 radical (unpaired) electrons. The first-order valence-corrected chi connectivity index (χ1v) is 6.38. The lowest BCUT2D eigenvalue weighted by Gasteiger charge is -2.37. The Labute approximate surface area is 110 Å². The maximum absolute atomic E-state index is 12.3. The van der Waals surface area contributed by atoms with Crippen LogP contribution >= 0.6 is 0 Å². The van der Waals surface area contributed by atoms with E-state index in [1.54, 1.807) is 23.1 Å². The Hall–Kier alpha value is -1.63. The zero-order valence-corrected chi connectivity index (χ0v) is 10.4. The van der Waals surface area contributed by atoms with Gasteiger partial charge in [-0.05, 0) is 25.0 Å². The number of carbonyl (C=O) groups excluding carboxylic acids is 1. The molecule has 6 nitrogen and oxygen atoms in total. The van der Waals surface area contributed by atoms with Gasteiger partial charge in [-0.2, -0.15) is 0 Å². The SMILES string of the molecule is Nc1cccc2c1CN(C1CCC(O)NC1O)C2=O. The Morgan fingerprint density at radius 2 is 2.11 bits per heavy atom. The van der Waals surface area contributed by atoms with Gasteiger partial charge in [0.1, 0.15) is 12.5 Å². The normalized spacial score (nSPS) is 30.5. The molecule has 3 atom stereocenters. The van der Waals surface area contributed by atoms with Crippen molar-refractivity contribution < 1.29 is 15.0 Å². The third-order valence-corrected chi connectivity index (χ3v) is 3.90. The lowest BCUT2D eigenvalue weighted by Crippen LogP contribution is -2.56. The number of benzene rings is 1. The number of carbonyl (C=O) groups is 1. The van der Waals surface area contributed by atoms with E-state index in [1.807, 2.05) is 0 Å². The minimum atomic E-state index is -0.914. The second kappa shape index (κ2) is 4.48. The predicted molar refractivity (Wildman–Crippen MR) is 68.9 cm³/mol. The van der Waals surface area contributed by atoms with Crippen LogP contribution in [0, 0.1) is 0 Å². The van der Waals surface area contributed by atoms with Gasteiger partial charge in [0.05, 0.1) is 6.04 Å². The largest absolute Gasteiger partial charge is 0.398 e. The molecule has 0 bridgehead atoms. The molecule has 3 unspecified atom stereocenters. The summed E-state index contributed by atoms with van der Waals surface area (Å²) in [7, 11) is 0. The fraction of sp³-hybridized carbons (Fsp3) is 0.462. The second-order valence-electron chi connectivity index (χ2n) is 5.08. The number of nitrogens with one attached hydrogen (secondary N) is 1. The molecule has 2 aliphatic heterocycles. The Morgan fingerprint density at radius 3 is 2.79 bits per heavy atom. The standard InChI is InChI=1S/C13H17N3O3/c14-9-3-1-2-7-8(9)6-16(13(7)19)10-4-5-11(17)15-12(10)18/h1-3,10-12,15,17-18H,4-6,14H2. The van der Waals surface area contributed by atoms with Crippen molar-refractivity contribution in [3.8, 4) is 0 Å². The van der Waals surface area contributed by atoms with Crippen LogP contribution in [0.3, 0.4) is 0 Å². The summed E-state index contributed by atoms with van der Waals surface area (Å²) < 4.78 is 0. The van der Waals surface area contributed by atoms with Gasteiger partial charge >= 0.3 is 0 Å². The van der Waals surface area contributed by atoms with Crippen LogP contribution < -0.4 is 11.1 Å². The summed E-state index contributed by atoms with van der Waals surface area (Å²) in [5.41, 5.74) is 7.92. The van der Waals surface area contributed by atoms with E-state index in [2.05, 4.69) is 5.32 Å². The second-order valence-corrected chi connectivity index (χ2v) is 5.08. The fourth-order valence-corrected chi connectivity index (χ4v) is 2.85. The van der Waals surface area contributed by atoms with E-state index in [4.69, 9.17) is 5.73 Å². The van der Waals surface area contributed by atoms with Crippen molar-refractivity contribution in [2.24, 2.45) is 0 Å². The lowest BCUT2D eigenvalue weighted by atomic mass is 10.0. The number of aliphatic hydroxyl groups is 2. The van der Waals surface area contributed by atoms with E-state index in [0.717, 1.165) is 5.56 Å². The number of amides is 1. The van der Waals surface area contributed by atoms with Crippen LogP contribution in [0.5, 0.6) is 0 Å². The van der Waals surface area contributed by atoms with Crippen LogP contribution in [-0.2, 0) is 6.54 Å². The van der Waals surface area contributed by atoms with Crippen LogP contribution in [-0.4, -0.2) is 39.5 Å². The van der Waals surface area contributed by atoms with Gasteiger partial charge in [0.15, 0.2) is 0 Å². The molecule has 1 aromatic carbocycles. The topological polar surface area (TPSA) is 98.8 Å². The fourth-order valence-electron chi connectivity index (χ4n) is 2.85. The molecule has 3 rings (SSSR count). The lowest BCUT2D eigenvalue weighted by molar-refractivity contribution is -0.0477. The molecule has 2 aliphatic rings. The number of hydrogen-bond donors (Lipinski definition) is 4. The number of nitrogens with zero attached hydrogens (tertiary/aromatic N) is 1. The summed E-state index contributed by atoms with van der Waals surface area (Å²) >= 11 is 0. The quantitative estimate of drug-likeness (QED) is 0.517. The molecule has 19 heavy (non-hydrogen) atoms. The van der Waals surface area contributed by atoms with Crippen LogP contribution in [0.4, 0.5) is 5.69 Å². The summed E-state index contributed by atoms with van der Waals surface area (Å²) in [6, 6.07) is 4.96. The highest BCUT2D eigenvalue weighted by Crippen LogP contribution is 2.31. The van der Waals surface area contributed by atoms with Crippen molar-refractivity contribution >= 4 is 11.6 Å². The summed E-state index contributed by atoms with van der Waals surface area (Å²) in [4.78, 5) is 14.0. The van der Waals surface area contributed by atoms with Crippen LogP contribution in [0.2, 0.25) is 0 Å². The zero-order chi connectivity index (χ0) is 13.6. The van der Waals surface area contributed by atoms with Gasteiger partial charge in [0.25, 0.3) is 5.91 Å². The molecule has 1 saturated heterocycles. The number of aliphatic hydroxyl groups excluding tert-OH is 2. The molecule has 0 aliphatic carbocycles. The molecule has 2 heterocycles. The van der Waals surface area contributed by atoms with Crippen molar-refractivity contribution in [3.05, 3.63) is 29.3 Å². The number of fused-ring (bicyclic) bond motifs is 1. The highest BCUT2D eigenvalue weighted by Gasteiger charge is 2.39. The molecule has 1 fully saturated rings. The van der Waals surface area contributed by atoms with Gasteiger partial charge in [0, 0.05) is 23.4 Å². The molecule has 0 aromatic heterocycles. The average Bonchev–Trinajstić information content (AvgIpc) is 2.69. The smallest absolute Gasteiger partial charge is 0.254 e. The molecule has 0 saturated carbocycles. The minimum Gasteiger partial charge on any atom is -0.398 e. The van der Waals surface area contributed by atoms with Crippen molar-refractivity contribution in [1.29, 1.82) is 0 Å². The molecule has 1 amide bonds. The molecular weight excluding hydrogens is 246 g/mol. The molecular formula is C13H17N3O3. The highest BCUT2D eigenvalue weighted by atomic mass is 16.3. The van der Waals surface area contributed by atoms with Crippen molar-refractivity contribution in [2.45, 2.75) is 37.9 Å². The first-order valence-electron chi connectivity index (χ1n) is 6.38. The van der Waals surface area contributed by atoms with Gasteiger partial charge in [-0.3, -0.25) is 10.1 Å². The Bertz CT molecular complexity index is 520. The number of hydrogen-bond acceptors (Lipinski definition) is 5. The van der Waals surface area contributed by atoms with Gasteiger partial charge in [-0.1, -0.05) is 6.07 Å². The third-order valence-electron chi connectivity index (χ3n) is 3.90. The highest BCUT2D eigenvalue weighted by molar-refractivity contribution is 6.00. The van der Waals surface area contributed by atoms with Crippen LogP contribution in [0.25, 0.3) is 0 Å². The Balaban J connectivity index is 1.86. The first kappa shape index (κ1) is 12.4. The van der Waals surface area contributed by atoms with Gasteiger partial charge in [-0.15, -0.1) is 0 Å². The number of nitrogen functional groups attached to an aromatic ring is 1. The average molecular weight is 263 g/mol. The third kappa shape index (κ3) is 1.98. The molecule has 0 spiro atoms. The van der Waals surface area contributed by atoms with Crippen molar-refractivity contribution in [3.63, 3.8) is 0 Å². The summed E-state index contributed by atoms with van der Waals surface area (Å²) in [5, 5.41) is 22.1. The van der Waals surface area contributed by atoms with Gasteiger partial charge in [-0.25, -0.2) is 0 Å². The number of nitrogens with two attached hydrogens (primary N) is 1. The van der Waals surface area contributed by atoms with Crippen molar-refractivity contribution in [2.75, 3.05) is 5.73 Å². The Morgan fingerprint density at radius 1 is 1.32 bits per heavy atom. The van der Waals surface area contributed by atoms with E-state index in [-0.39, 0.29) is 11.9 Å². The van der Waals surface area contributed by atoms with Crippen molar-refractivity contribution in [1.82, 2.24) is 10.2 Å². The summed E-state index contributed by atoms with van der Waals surface area (Å²) in [6.45, 7) is 0.417. The van der Waals surface area contributed by atoms with Crippen LogP contribution in [0.1, 0.15) is 28.8 Å². The first-order chi connectivity index (χ1) is 9.08. The van der Waals surface area contributed by atoms with Gasteiger partial charge < -0.3 is 20.8 Å². The molecule has 5 N–H and O–H groups in total. The van der Waals surface area contributed by atoms with Gasteiger partial charge in [0.2, 0.25) is 0 Å². The summed E-state index contributed by atoms with van der Waals surface area (Å²) in [6.07, 6.45) is -0.550. The van der Waals surface area contributed by atoms with E-state index in [1.165, 1.54) is 0 Å². The van der Waals surface area contributed by atoms with E-state index in [0.29, 0.717) is 30.6 Å². The van der Waals surface area contributed by atoms with E-state index < -0.39 is 12.5 Å². The maximum Gasteiger partial charge on any atom is 0.254 e. The predicted octanol–water partition coefficient (Wildman–Crippen LogP) is -0.387. The monoisotopic (exact) mass is 263 g/mol. The molecule has 1 aromatic rings. The van der Waals surface area contributed by atoms with E-state index in [9.17, 15) is 15.0 Å². The number of rotatable bonds is 1. The Kier molecular flexibility index (Phi) is 2.93. The zero-order valence-electron chi connectivity index (χ0n) is 10.4. The summed E-state index contributed by atoms with van der Waals surface area (Å²) in [5.74, 6) is -0.107. The molecule has 102 valence electrons. The maximum atomic E-state index is 12.3. The number of piperidine rings is 1. The van der Waals surface area contributed by atoms with Crippen LogP contribution in [0.15, 0.2) is 18.2 Å².